The third-order valence-corrected chi connectivity index (χ3v) is 3.93. The number of carbonyl (C=O) groups excluding carboxylic acids is 1. The number of ether oxygens (including phenoxy) is 1. The molecule has 1 heterocycles. The molecule has 0 fully saturated rings. The number of nitrogens with zero attached hydrogens (tertiary/aromatic N) is 1. The van der Waals surface area contributed by atoms with E-state index in [0.29, 0.717) is 13.0 Å². The van der Waals surface area contributed by atoms with E-state index >= 15 is 0 Å². The number of nitrogens with two attached hydrogens (primary N) is 1. The van der Waals surface area contributed by atoms with E-state index in [1.165, 1.54) is 0 Å². The van der Waals surface area contributed by atoms with Gasteiger partial charge in [-0.05, 0) is 26.0 Å². The van der Waals surface area contributed by atoms with Crippen molar-refractivity contribution in [2.75, 3.05) is 12.4 Å². The Morgan fingerprint density at radius 3 is 3.06 bits per heavy atom. The van der Waals surface area contributed by atoms with Gasteiger partial charge < -0.3 is 10.5 Å². The Morgan fingerprint density at radius 2 is 2.47 bits per heavy atom. The highest BCUT2D eigenvalue weighted by atomic mass is 32.2. The molecular formula is C11H18N2O2S2. The monoisotopic (exact) mass is 274 g/mol. The normalized spacial score (nSPS) is 12.4. The largest absolute Gasteiger partial charge is 0.465 e. The molecule has 1 rings (SSSR count). The van der Waals surface area contributed by atoms with Crippen molar-refractivity contribution in [2.45, 2.75) is 32.1 Å². The van der Waals surface area contributed by atoms with Crippen LogP contribution < -0.4 is 5.73 Å². The van der Waals surface area contributed by atoms with Crippen molar-refractivity contribution in [1.82, 2.24) is 4.98 Å². The van der Waals surface area contributed by atoms with E-state index in [4.69, 9.17) is 10.5 Å². The van der Waals surface area contributed by atoms with Crippen LogP contribution in [-0.4, -0.2) is 29.4 Å². The van der Waals surface area contributed by atoms with Gasteiger partial charge in [0.05, 0.1) is 17.3 Å². The fourth-order valence-corrected chi connectivity index (χ4v) is 2.87. The first-order valence-corrected chi connectivity index (χ1v) is 7.58. The molecule has 0 spiro atoms. The molecule has 1 unspecified atom stereocenters. The fourth-order valence-electron chi connectivity index (χ4n) is 1.23. The van der Waals surface area contributed by atoms with Crippen LogP contribution in [0.2, 0.25) is 0 Å². The number of hydrogen-bond acceptors (Lipinski definition) is 6. The maximum Gasteiger partial charge on any atom is 0.322 e. The minimum absolute atomic E-state index is 0.308. The molecule has 1 aromatic heterocycles. The van der Waals surface area contributed by atoms with Crippen molar-refractivity contribution >= 4 is 29.1 Å². The summed E-state index contributed by atoms with van der Waals surface area (Å²) in [6, 6.07) is -0.500. The zero-order chi connectivity index (χ0) is 12.7. The van der Waals surface area contributed by atoms with E-state index < -0.39 is 6.04 Å². The van der Waals surface area contributed by atoms with Crippen LogP contribution >= 0.6 is 23.1 Å². The number of esters is 1. The number of hydrogen-bond donors (Lipinski definition) is 1. The van der Waals surface area contributed by atoms with Crippen LogP contribution in [0.25, 0.3) is 0 Å². The van der Waals surface area contributed by atoms with Gasteiger partial charge in [0.2, 0.25) is 0 Å². The van der Waals surface area contributed by atoms with E-state index in [9.17, 15) is 4.79 Å². The highest BCUT2D eigenvalue weighted by Gasteiger charge is 2.13. The molecule has 0 aromatic carbocycles. The van der Waals surface area contributed by atoms with Gasteiger partial charge in [-0.1, -0.05) is 0 Å². The summed E-state index contributed by atoms with van der Waals surface area (Å²) in [5.41, 5.74) is 6.78. The molecule has 0 bridgehead atoms. The maximum atomic E-state index is 11.2. The van der Waals surface area contributed by atoms with Crippen LogP contribution in [0.4, 0.5) is 0 Å². The number of thioether (sulfide) groups is 1. The summed E-state index contributed by atoms with van der Waals surface area (Å²) in [5.74, 6) is 1.41. The molecule has 1 atom stereocenters. The minimum Gasteiger partial charge on any atom is -0.465 e. The van der Waals surface area contributed by atoms with Gasteiger partial charge in [0.25, 0.3) is 0 Å². The molecule has 0 aliphatic carbocycles. The van der Waals surface area contributed by atoms with Gasteiger partial charge in [-0.3, -0.25) is 4.79 Å². The second-order valence-corrected chi connectivity index (χ2v) is 5.73. The third-order valence-electron chi connectivity index (χ3n) is 2.08. The van der Waals surface area contributed by atoms with E-state index in [1.54, 1.807) is 30.0 Å². The number of thiazole rings is 1. The van der Waals surface area contributed by atoms with Crippen LogP contribution in [0.15, 0.2) is 5.38 Å². The molecule has 0 saturated heterocycles. The molecule has 0 saturated carbocycles. The number of aromatic nitrogens is 1. The molecule has 0 radical (unpaired) electrons. The zero-order valence-electron chi connectivity index (χ0n) is 10.1. The molecule has 96 valence electrons. The summed E-state index contributed by atoms with van der Waals surface area (Å²) >= 11 is 3.40. The molecule has 0 aliphatic rings. The first-order valence-electron chi connectivity index (χ1n) is 5.54. The van der Waals surface area contributed by atoms with E-state index in [1.807, 2.05) is 6.92 Å². The average Bonchev–Trinajstić information content (AvgIpc) is 2.70. The lowest BCUT2D eigenvalue weighted by Crippen LogP contribution is -2.32. The Bertz CT molecular complexity index is 355. The quantitative estimate of drug-likeness (QED) is 0.608. The summed E-state index contributed by atoms with van der Waals surface area (Å²) < 4.78 is 4.84. The van der Waals surface area contributed by atoms with Gasteiger partial charge in [0.15, 0.2) is 0 Å². The summed E-state index contributed by atoms with van der Waals surface area (Å²) in [4.78, 5) is 15.6. The molecule has 0 amide bonds. The van der Waals surface area contributed by atoms with Crippen LogP contribution in [0.5, 0.6) is 0 Å². The van der Waals surface area contributed by atoms with E-state index in [2.05, 4.69) is 10.4 Å². The second kappa shape index (κ2) is 7.68. The van der Waals surface area contributed by atoms with Gasteiger partial charge in [0, 0.05) is 11.1 Å². The minimum atomic E-state index is -0.500. The zero-order valence-corrected chi connectivity index (χ0v) is 11.8. The molecule has 0 aliphatic heterocycles. The first-order chi connectivity index (χ1) is 8.13. The van der Waals surface area contributed by atoms with Crippen LogP contribution in [0.3, 0.4) is 0 Å². The Balaban J connectivity index is 2.13. The highest BCUT2D eigenvalue weighted by molar-refractivity contribution is 7.98. The number of rotatable bonds is 7. The predicted molar refractivity (Wildman–Crippen MR) is 72.2 cm³/mol. The lowest BCUT2D eigenvalue weighted by molar-refractivity contribution is -0.144. The number of aryl methyl sites for hydroxylation is 1. The Hall–Kier alpha value is -0.590. The van der Waals surface area contributed by atoms with Gasteiger partial charge in [-0.15, -0.1) is 11.3 Å². The van der Waals surface area contributed by atoms with Crippen LogP contribution in [-0.2, 0) is 15.3 Å². The molecule has 4 nitrogen and oxygen atoms in total. The summed E-state index contributed by atoms with van der Waals surface area (Å²) in [6.45, 7) is 4.16. The first kappa shape index (κ1) is 14.5. The van der Waals surface area contributed by atoms with Gasteiger partial charge in [0.1, 0.15) is 6.04 Å². The van der Waals surface area contributed by atoms with E-state index in [0.717, 1.165) is 22.2 Å². The van der Waals surface area contributed by atoms with Crippen molar-refractivity contribution in [3.05, 3.63) is 16.1 Å². The average molecular weight is 274 g/mol. The van der Waals surface area contributed by atoms with Crippen molar-refractivity contribution in [3.63, 3.8) is 0 Å². The highest BCUT2D eigenvalue weighted by Crippen LogP contribution is 2.16. The van der Waals surface area contributed by atoms with Gasteiger partial charge in [-0.2, -0.15) is 11.8 Å². The van der Waals surface area contributed by atoms with Crippen molar-refractivity contribution in [1.29, 1.82) is 0 Å². The molecule has 6 heteroatoms. The van der Waals surface area contributed by atoms with Crippen LogP contribution in [0.1, 0.15) is 24.0 Å². The molecule has 17 heavy (non-hydrogen) atoms. The number of carbonyl (C=O) groups is 1. The SMILES string of the molecule is CCOC(=O)C(N)CCSCc1csc(C)n1. The van der Waals surface area contributed by atoms with Crippen molar-refractivity contribution < 1.29 is 9.53 Å². The Labute approximate surface area is 110 Å². The Kier molecular flexibility index (Phi) is 6.54. The summed E-state index contributed by atoms with van der Waals surface area (Å²) in [7, 11) is 0. The molecule has 1 aromatic rings. The summed E-state index contributed by atoms with van der Waals surface area (Å²) in [6.07, 6.45) is 0.645. The predicted octanol–water partition coefficient (Wildman–Crippen LogP) is 1.97. The lowest BCUT2D eigenvalue weighted by atomic mass is 10.2. The third kappa shape index (κ3) is 5.52. The van der Waals surface area contributed by atoms with Gasteiger partial charge >= 0.3 is 5.97 Å². The van der Waals surface area contributed by atoms with Crippen LogP contribution in [0, 0.1) is 6.92 Å². The topological polar surface area (TPSA) is 65.2 Å². The van der Waals surface area contributed by atoms with Gasteiger partial charge in [-0.25, -0.2) is 4.98 Å². The Morgan fingerprint density at radius 1 is 1.71 bits per heavy atom. The fraction of sp³-hybridized carbons (Fsp3) is 0.636. The molecule has 2 N–H and O–H groups in total. The lowest BCUT2D eigenvalue weighted by Gasteiger charge is -2.09. The van der Waals surface area contributed by atoms with Crippen molar-refractivity contribution in [3.8, 4) is 0 Å². The standard InChI is InChI=1S/C11H18N2O2S2/c1-3-15-11(14)10(12)4-5-16-6-9-7-17-8(2)13-9/h7,10H,3-6,12H2,1-2H3. The maximum absolute atomic E-state index is 11.2. The molecular weight excluding hydrogens is 256 g/mol. The second-order valence-electron chi connectivity index (χ2n) is 3.56. The van der Waals surface area contributed by atoms with E-state index in [-0.39, 0.29) is 5.97 Å². The van der Waals surface area contributed by atoms with Crippen molar-refractivity contribution in [2.24, 2.45) is 5.73 Å². The summed E-state index contributed by atoms with van der Waals surface area (Å²) in [5, 5.41) is 3.15. The smallest absolute Gasteiger partial charge is 0.322 e.